The van der Waals surface area contributed by atoms with E-state index >= 15 is 0 Å². The molecule has 148 valence electrons. The summed E-state index contributed by atoms with van der Waals surface area (Å²) in [4.78, 5) is 11.0. The van der Waals surface area contributed by atoms with Gasteiger partial charge in [-0.2, -0.15) is 13.8 Å². The number of oxazole rings is 1. The van der Waals surface area contributed by atoms with E-state index in [1.807, 2.05) is 10.3 Å². The van der Waals surface area contributed by atoms with Crippen molar-refractivity contribution in [2.75, 3.05) is 24.6 Å². The normalized spacial score (nSPS) is 22.2. The van der Waals surface area contributed by atoms with Gasteiger partial charge in [-0.05, 0) is 25.0 Å². The van der Waals surface area contributed by atoms with Crippen LogP contribution in [0.2, 0.25) is 0 Å². The minimum atomic E-state index is -3.71. The van der Waals surface area contributed by atoms with Gasteiger partial charge < -0.3 is 24.5 Å². The number of fused-ring (bicyclic) bond motifs is 3. The van der Waals surface area contributed by atoms with E-state index in [4.69, 9.17) is 14.3 Å². The molecule has 2 bridgehead atoms. The molecule has 10 heteroatoms. The highest BCUT2D eigenvalue weighted by molar-refractivity contribution is 7.13. The summed E-state index contributed by atoms with van der Waals surface area (Å²) < 4.78 is 37.9. The first kappa shape index (κ1) is 17.8. The molecule has 0 radical (unpaired) electrons. The van der Waals surface area contributed by atoms with E-state index in [9.17, 15) is 8.78 Å². The molecule has 7 nitrogen and oxygen atoms in total. The molecule has 0 amide bonds. The summed E-state index contributed by atoms with van der Waals surface area (Å²) in [6, 6.07) is 4.18. The second-order valence-corrected chi connectivity index (χ2v) is 7.96. The topological polar surface area (TPSA) is 83.7 Å². The van der Waals surface area contributed by atoms with Crippen molar-refractivity contribution >= 4 is 28.5 Å². The molecule has 2 N–H and O–H groups in total. The lowest BCUT2D eigenvalue weighted by molar-refractivity contribution is -0.200. The number of rotatable bonds is 5. The van der Waals surface area contributed by atoms with Gasteiger partial charge in [-0.15, -0.1) is 11.3 Å². The molecular formula is C18H18F2N4O3S. The molecule has 2 fully saturated rings. The van der Waals surface area contributed by atoms with E-state index in [0.717, 1.165) is 25.9 Å². The first-order valence-electron chi connectivity index (χ1n) is 9.04. The van der Waals surface area contributed by atoms with E-state index < -0.39 is 12.7 Å². The van der Waals surface area contributed by atoms with Crippen LogP contribution in [0.25, 0.3) is 21.7 Å². The highest BCUT2D eigenvalue weighted by Crippen LogP contribution is 2.39. The molecule has 2 saturated heterocycles. The number of hydrogen-bond donors (Lipinski definition) is 2. The number of halogens is 2. The van der Waals surface area contributed by atoms with Crippen LogP contribution >= 0.6 is 11.3 Å². The molecule has 2 atom stereocenters. The summed E-state index contributed by atoms with van der Waals surface area (Å²) in [6.07, 6.45) is 0.160. The third-order valence-electron chi connectivity index (χ3n) is 5.09. The Morgan fingerprint density at radius 2 is 2.11 bits per heavy atom. The molecule has 2 aromatic heterocycles. The van der Waals surface area contributed by atoms with Crippen LogP contribution < -0.4 is 15.0 Å². The molecule has 0 spiro atoms. The Labute approximate surface area is 163 Å². The van der Waals surface area contributed by atoms with Crippen LogP contribution in [0.4, 0.5) is 14.8 Å². The fourth-order valence-corrected chi connectivity index (χ4v) is 4.53. The van der Waals surface area contributed by atoms with Crippen molar-refractivity contribution in [3.8, 4) is 16.3 Å². The molecule has 1 aromatic carbocycles. The largest absolute Gasteiger partial charge is 0.427 e. The number of aliphatic hydroxyl groups excluding tert-OH is 1. The van der Waals surface area contributed by atoms with Gasteiger partial charge >= 0.3 is 6.11 Å². The van der Waals surface area contributed by atoms with Crippen molar-refractivity contribution in [2.45, 2.75) is 31.0 Å². The Morgan fingerprint density at radius 3 is 2.79 bits per heavy atom. The Kier molecular flexibility index (Phi) is 4.22. The standard InChI is InChI=1S/C18H18F2N4O3S/c19-18(20,9-25)27-13-4-3-12(16-21-5-6-28-16)14-15(13)26-17(23-14)24-7-10-1-2-11(8-24)22-10/h3-6,10-11,22,25H,1-2,7-9H2. The van der Waals surface area contributed by atoms with Crippen molar-refractivity contribution < 1.29 is 23.0 Å². The predicted molar refractivity (Wildman–Crippen MR) is 99.9 cm³/mol. The lowest BCUT2D eigenvalue weighted by atomic mass is 10.2. The third kappa shape index (κ3) is 3.11. The maximum atomic E-state index is 13.6. The van der Waals surface area contributed by atoms with Crippen LogP contribution in [-0.2, 0) is 0 Å². The van der Waals surface area contributed by atoms with E-state index in [-0.39, 0.29) is 11.3 Å². The van der Waals surface area contributed by atoms with Gasteiger partial charge in [0, 0.05) is 42.3 Å². The highest BCUT2D eigenvalue weighted by Gasteiger charge is 2.36. The van der Waals surface area contributed by atoms with Crippen molar-refractivity contribution in [2.24, 2.45) is 0 Å². The van der Waals surface area contributed by atoms with Gasteiger partial charge in [-0.25, -0.2) is 4.98 Å². The van der Waals surface area contributed by atoms with E-state index in [1.165, 1.54) is 17.4 Å². The Bertz CT molecular complexity index is 982. The lowest BCUT2D eigenvalue weighted by Crippen LogP contribution is -2.51. The van der Waals surface area contributed by atoms with Gasteiger partial charge in [0.1, 0.15) is 17.1 Å². The van der Waals surface area contributed by atoms with E-state index in [0.29, 0.717) is 34.2 Å². The second-order valence-electron chi connectivity index (χ2n) is 7.06. The summed E-state index contributed by atoms with van der Waals surface area (Å²) in [5.41, 5.74) is 1.24. The number of benzene rings is 1. The lowest BCUT2D eigenvalue weighted by Gasteiger charge is -2.31. The second kappa shape index (κ2) is 6.64. The number of thiazole rings is 1. The first-order chi connectivity index (χ1) is 13.5. The Morgan fingerprint density at radius 1 is 1.32 bits per heavy atom. The van der Waals surface area contributed by atoms with Gasteiger partial charge in [0.25, 0.3) is 6.01 Å². The van der Waals surface area contributed by atoms with Crippen molar-refractivity contribution in [1.82, 2.24) is 15.3 Å². The smallest absolute Gasteiger partial charge is 0.421 e. The summed E-state index contributed by atoms with van der Waals surface area (Å²) in [6.45, 7) is 0.0721. The van der Waals surface area contributed by atoms with Gasteiger partial charge in [0.15, 0.2) is 11.3 Å². The minimum Gasteiger partial charge on any atom is -0.427 e. The summed E-state index contributed by atoms with van der Waals surface area (Å²) in [5, 5.41) is 14.9. The average Bonchev–Trinajstić information content (AvgIpc) is 3.42. The van der Waals surface area contributed by atoms with Crippen molar-refractivity contribution in [1.29, 1.82) is 0 Å². The molecule has 28 heavy (non-hydrogen) atoms. The van der Waals surface area contributed by atoms with Crippen LogP contribution in [0.15, 0.2) is 28.1 Å². The van der Waals surface area contributed by atoms with Crippen LogP contribution in [0.1, 0.15) is 12.8 Å². The third-order valence-corrected chi connectivity index (χ3v) is 5.90. The van der Waals surface area contributed by atoms with Gasteiger partial charge in [0.05, 0.1) is 0 Å². The van der Waals surface area contributed by atoms with Crippen LogP contribution in [0.3, 0.4) is 0 Å². The number of ether oxygens (including phenoxy) is 1. The molecule has 0 saturated carbocycles. The monoisotopic (exact) mass is 408 g/mol. The highest BCUT2D eigenvalue weighted by atomic mass is 32.1. The van der Waals surface area contributed by atoms with Gasteiger partial charge in [-0.1, -0.05) is 0 Å². The zero-order valence-electron chi connectivity index (χ0n) is 14.8. The van der Waals surface area contributed by atoms with E-state index in [1.54, 1.807) is 12.3 Å². The molecule has 4 heterocycles. The van der Waals surface area contributed by atoms with Crippen molar-refractivity contribution in [3.05, 3.63) is 23.7 Å². The maximum Gasteiger partial charge on any atom is 0.421 e. The fourth-order valence-electron chi connectivity index (χ4n) is 3.86. The van der Waals surface area contributed by atoms with Gasteiger partial charge in [0.2, 0.25) is 0 Å². The fraction of sp³-hybridized carbons (Fsp3) is 0.444. The van der Waals surface area contributed by atoms with E-state index in [2.05, 4.69) is 15.3 Å². The average molecular weight is 408 g/mol. The first-order valence-corrected chi connectivity index (χ1v) is 9.92. The Hall–Kier alpha value is -2.30. The molecule has 2 unspecified atom stereocenters. The maximum absolute atomic E-state index is 13.6. The number of aromatic nitrogens is 2. The summed E-state index contributed by atoms with van der Waals surface area (Å²) in [5.74, 6) is -0.161. The van der Waals surface area contributed by atoms with Crippen LogP contribution in [-0.4, -0.2) is 53.0 Å². The SMILES string of the molecule is OCC(F)(F)Oc1ccc(-c2nccs2)c2nc(N3CC4CCC(C3)N4)oc12. The zero-order chi connectivity index (χ0) is 19.3. The van der Waals surface area contributed by atoms with Crippen molar-refractivity contribution in [3.63, 3.8) is 0 Å². The summed E-state index contributed by atoms with van der Waals surface area (Å²) in [7, 11) is 0. The molecule has 0 aliphatic carbocycles. The molecule has 2 aliphatic heterocycles. The molecule has 5 rings (SSSR count). The van der Waals surface area contributed by atoms with Gasteiger partial charge in [-0.3, -0.25) is 0 Å². The number of nitrogens with one attached hydrogen (secondary N) is 1. The number of alkyl halides is 2. The number of anilines is 1. The van der Waals surface area contributed by atoms with Crippen LogP contribution in [0.5, 0.6) is 5.75 Å². The van der Waals surface area contributed by atoms with Crippen LogP contribution in [0, 0.1) is 0 Å². The molecular weight excluding hydrogens is 390 g/mol. The quantitative estimate of drug-likeness (QED) is 0.672. The molecule has 3 aromatic rings. The minimum absolute atomic E-state index is 0.127. The number of hydrogen-bond acceptors (Lipinski definition) is 8. The number of aliphatic hydroxyl groups is 1. The predicted octanol–water partition coefficient (Wildman–Crippen LogP) is 2.86. The zero-order valence-corrected chi connectivity index (χ0v) is 15.6. The number of nitrogens with zero attached hydrogens (tertiary/aromatic N) is 3. The summed E-state index contributed by atoms with van der Waals surface area (Å²) >= 11 is 1.42. The molecule has 2 aliphatic rings. The Balaban J connectivity index is 1.60. The number of piperazine rings is 1.